The normalized spacial score (nSPS) is 11.4. The lowest BCUT2D eigenvalue weighted by molar-refractivity contribution is 0.545. The van der Waals surface area contributed by atoms with Crippen molar-refractivity contribution in [1.29, 1.82) is 0 Å². The van der Waals surface area contributed by atoms with Crippen LogP contribution in [-0.2, 0) is 20.0 Å². The molecule has 0 atom stereocenters. The zero-order chi connectivity index (χ0) is 13.8. The van der Waals surface area contributed by atoms with Gasteiger partial charge >= 0.3 is 0 Å². The van der Waals surface area contributed by atoms with E-state index in [2.05, 4.69) is 36.2 Å². The second kappa shape index (κ2) is 6.02. The summed E-state index contributed by atoms with van der Waals surface area (Å²) in [6, 6.07) is 0. The van der Waals surface area contributed by atoms with Crippen LogP contribution in [0.25, 0.3) is 11.3 Å². The summed E-state index contributed by atoms with van der Waals surface area (Å²) < 4.78 is 7.38. The average Bonchev–Trinajstić information content (AvgIpc) is 2.94. The molecule has 0 unspecified atom stereocenters. The summed E-state index contributed by atoms with van der Waals surface area (Å²) in [5.74, 6) is 1.46. The van der Waals surface area contributed by atoms with Crippen LogP contribution >= 0.6 is 0 Å². The fourth-order valence-corrected chi connectivity index (χ4v) is 2.08. The van der Waals surface area contributed by atoms with Crippen LogP contribution in [0.5, 0.6) is 0 Å². The van der Waals surface area contributed by atoms with Gasteiger partial charge in [0.05, 0.1) is 11.3 Å². The fourth-order valence-electron chi connectivity index (χ4n) is 2.08. The summed E-state index contributed by atoms with van der Waals surface area (Å²) >= 11 is 0. The van der Waals surface area contributed by atoms with Crippen LogP contribution < -0.4 is 5.32 Å². The molecule has 0 radical (unpaired) electrons. The number of nitrogens with one attached hydrogen (secondary N) is 1. The third-order valence-corrected chi connectivity index (χ3v) is 2.97. The van der Waals surface area contributed by atoms with Gasteiger partial charge in [-0.05, 0) is 18.9 Å². The first-order chi connectivity index (χ1) is 9.11. The Morgan fingerprint density at radius 3 is 2.84 bits per heavy atom. The van der Waals surface area contributed by atoms with Crippen molar-refractivity contribution in [3.63, 3.8) is 0 Å². The van der Waals surface area contributed by atoms with Crippen LogP contribution in [0.1, 0.15) is 32.2 Å². The first-order valence-corrected chi connectivity index (χ1v) is 6.77. The second-order valence-corrected chi connectivity index (χ2v) is 5.17. The van der Waals surface area contributed by atoms with Crippen molar-refractivity contribution in [2.75, 3.05) is 6.54 Å². The predicted octanol–water partition coefficient (Wildman–Crippen LogP) is 2.38. The minimum atomic E-state index is 0.625. The third kappa shape index (κ3) is 3.23. The number of aromatic nitrogens is 3. The minimum absolute atomic E-state index is 0.625. The van der Waals surface area contributed by atoms with Gasteiger partial charge in [0.1, 0.15) is 5.69 Å². The molecule has 5 nitrogen and oxygen atoms in total. The molecule has 2 aromatic rings. The number of hydrogen-bond acceptors (Lipinski definition) is 4. The maximum Gasteiger partial charge on any atom is 0.181 e. The summed E-state index contributed by atoms with van der Waals surface area (Å²) in [6.45, 7) is 8.17. The summed E-state index contributed by atoms with van der Waals surface area (Å²) in [4.78, 5) is 4.31. The molecule has 0 amide bonds. The standard InChI is InChI=1S/C14H22N4O/c1-5-12-11(8-18(4)17-12)14-13(16-9-19-14)7-15-6-10(2)3/h8-10,15H,5-7H2,1-4H3. The molecule has 0 aromatic carbocycles. The molecule has 104 valence electrons. The van der Waals surface area contributed by atoms with E-state index in [0.29, 0.717) is 5.92 Å². The number of rotatable bonds is 6. The van der Waals surface area contributed by atoms with E-state index in [1.165, 1.54) is 6.39 Å². The largest absolute Gasteiger partial charge is 0.443 e. The number of hydrogen-bond donors (Lipinski definition) is 1. The van der Waals surface area contributed by atoms with E-state index in [0.717, 1.165) is 42.2 Å². The summed E-state index contributed by atoms with van der Waals surface area (Å²) in [5, 5.41) is 7.84. The van der Waals surface area contributed by atoms with Gasteiger partial charge in [-0.15, -0.1) is 0 Å². The zero-order valence-corrected chi connectivity index (χ0v) is 12.1. The molecule has 0 bridgehead atoms. The molecule has 2 rings (SSSR count). The Labute approximate surface area is 114 Å². The van der Waals surface area contributed by atoms with E-state index in [1.54, 1.807) is 0 Å². The molecule has 0 saturated carbocycles. The highest BCUT2D eigenvalue weighted by Crippen LogP contribution is 2.26. The summed E-state index contributed by atoms with van der Waals surface area (Å²) in [6.07, 6.45) is 4.38. The topological polar surface area (TPSA) is 55.9 Å². The van der Waals surface area contributed by atoms with E-state index in [9.17, 15) is 0 Å². The van der Waals surface area contributed by atoms with Crippen LogP contribution in [-0.4, -0.2) is 21.3 Å². The Morgan fingerprint density at radius 1 is 1.37 bits per heavy atom. The van der Waals surface area contributed by atoms with Gasteiger partial charge in [-0.3, -0.25) is 4.68 Å². The van der Waals surface area contributed by atoms with E-state index >= 15 is 0 Å². The Morgan fingerprint density at radius 2 is 2.16 bits per heavy atom. The highest BCUT2D eigenvalue weighted by molar-refractivity contribution is 5.61. The van der Waals surface area contributed by atoms with Crippen LogP contribution in [0.3, 0.4) is 0 Å². The molecule has 0 aliphatic carbocycles. The Kier molecular flexibility index (Phi) is 4.37. The SMILES string of the molecule is CCc1nn(C)cc1-c1ocnc1CNCC(C)C. The smallest absolute Gasteiger partial charge is 0.181 e. The Balaban J connectivity index is 2.18. The highest BCUT2D eigenvalue weighted by Gasteiger charge is 2.16. The van der Waals surface area contributed by atoms with Crippen molar-refractivity contribution in [2.45, 2.75) is 33.7 Å². The number of oxazole rings is 1. The fraction of sp³-hybridized carbons (Fsp3) is 0.571. The van der Waals surface area contributed by atoms with E-state index in [1.807, 2.05) is 17.9 Å². The lowest BCUT2D eigenvalue weighted by Crippen LogP contribution is -2.19. The lowest BCUT2D eigenvalue weighted by Gasteiger charge is -2.06. The lowest BCUT2D eigenvalue weighted by atomic mass is 10.1. The molecule has 5 heteroatoms. The van der Waals surface area contributed by atoms with Gasteiger partial charge in [0.2, 0.25) is 0 Å². The van der Waals surface area contributed by atoms with Crippen LogP contribution in [0.4, 0.5) is 0 Å². The van der Waals surface area contributed by atoms with Gasteiger partial charge in [0.15, 0.2) is 12.2 Å². The summed E-state index contributed by atoms with van der Waals surface area (Å²) in [7, 11) is 1.93. The predicted molar refractivity (Wildman–Crippen MR) is 74.6 cm³/mol. The van der Waals surface area contributed by atoms with Crippen molar-refractivity contribution in [3.05, 3.63) is 24.0 Å². The van der Waals surface area contributed by atoms with Crippen molar-refractivity contribution in [3.8, 4) is 11.3 Å². The molecular weight excluding hydrogens is 240 g/mol. The number of aryl methyl sites for hydroxylation is 2. The maximum atomic E-state index is 5.56. The second-order valence-electron chi connectivity index (χ2n) is 5.17. The first kappa shape index (κ1) is 13.8. The van der Waals surface area contributed by atoms with Gasteiger partial charge in [0.25, 0.3) is 0 Å². The Bertz CT molecular complexity index is 527. The van der Waals surface area contributed by atoms with Gasteiger partial charge in [-0.1, -0.05) is 20.8 Å². The Hall–Kier alpha value is -1.62. The van der Waals surface area contributed by atoms with Crippen LogP contribution in [0.15, 0.2) is 17.0 Å². The molecule has 0 fully saturated rings. The van der Waals surface area contributed by atoms with Crippen molar-refractivity contribution < 1.29 is 4.42 Å². The minimum Gasteiger partial charge on any atom is -0.443 e. The molecular formula is C14H22N4O. The van der Waals surface area contributed by atoms with Gasteiger partial charge < -0.3 is 9.73 Å². The monoisotopic (exact) mass is 262 g/mol. The van der Waals surface area contributed by atoms with Crippen molar-refractivity contribution in [2.24, 2.45) is 13.0 Å². The van der Waals surface area contributed by atoms with E-state index < -0.39 is 0 Å². The van der Waals surface area contributed by atoms with Crippen molar-refractivity contribution in [1.82, 2.24) is 20.1 Å². The zero-order valence-electron chi connectivity index (χ0n) is 12.1. The number of nitrogens with zero attached hydrogens (tertiary/aromatic N) is 3. The first-order valence-electron chi connectivity index (χ1n) is 6.77. The molecule has 0 aliphatic heterocycles. The maximum absolute atomic E-state index is 5.56. The van der Waals surface area contributed by atoms with E-state index in [4.69, 9.17) is 4.42 Å². The third-order valence-electron chi connectivity index (χ3n) is 2.97. The molecule has 2 aromatic heterocycles. The van der Waals surface area contributed by atoms with Crippen LogP contribution in [0, 0.1) is 5.92 Å². The highest BCUT2D eigenvalue weighted by atomic mass is 16.3. The van der Waals surface area contributed by atoms with Crippen LogP contribution in [0.2, 0.25) is 0 Å². The van der Waals surface area contributed by atoms with E-state index in [-0.39, 0.29) is 0 Å². The molecule has 1 N–H and O–H groups in total. The molecule has 0 saturated heterocycles. The molecule has 19 heavy (non-hydrogen) atoms. The van der Waals surface area contributed by atoms with Gasteiger partial charge in [-0.25, -0.2) is 4.98 Å². The molecule has 2 heterocycles. The average molecular weight is 262 g/mol. The van der Waals surface area contributed by atoms with Gasteiger partial charge in [-0.2, -0.15) is 5.10 Å². The molecule has 0 spiro atoms. The quantitative estimate of drug-likeness (QED) is 0.868. The van der Waals surface area contributed by atoms with Crippen molar-refractivity contribution >= 4 is 0 Å². The molecule has 0 aliphatic rings. The van der Waals surface area contributed by atoms with Gasteiger partial charge in [0, 0.05) is 19.8 Å². The summed E-state index contributed by atoms with van der Waals surface area (Å²) in [5.41, 5.74) is 3.04.